The minimum atomic E-state index is 0.909. The maximum absolute atomic E-state index is 4.90. The van der Waals surface area contributed by atoms with Crippen molar-refractivity contribution in [2.24, 2.45) is 4.99 Å². The van der Waals surface area contributed by atoms with Crippen molar-refractivity contribution in [3.8, 4) is 44.5 Å². The lowest BCUT2D eigenvalue weighted by Gasteiger charge is -2.18. The van der Waals surface area contributed by atoms with E-state index in [1.807, 2.05) is 12.1 Å². The van der Waals surface area contributed by atoms with Crippen LogP contribution in [0.3, 0.4) is 0 Å². The Balaban J connectivity index is 0.000000176. The van der Waals surface area contributed by atoms with Gasteiger partial charge in [0.2, 0.25) is 0 Å². The molecular weight excluding hydrogens is 723 g/mol. The van der Waals surface area contributed by atoms with E-state index in [0.717, 1.165) is 17.8 Å². The quantitative estimate of drug-likeness (QED) is 0.0828. The van der Waals surface area contributed by atoms with Gasteiger partial charge in [-0.3, -0.25) is 4.99 Å². The van der Waals surface area contributed by atoms with Crippen LogP contribution in [0.15, 0.2) is 237 Å². The number of fused-ring (bicyclic) bond motifs is 2. The van der Waals surface area contributed by atoms with Crippen molar-refractivity contribution in [3.63, 3.8) is 0 Å². The summed E-state index contributed by atoms with van der Waals surface area (Å²) in [5.41, 5.74) is 15.9. The van der Waals surface area contributed by atoms with Crippen molar-refractivity contribution in [3.05, 3.63) is 248 Å². The monoisotopic (exact) mass is 773 g/mol. The van der Waals surface area contributed by atoms with Gasteiger partial charge in [0.15, 0.2) is 0 Å². The summed E-state index contributed by atoms with van der Waals surface area (Å²) < 4.78 is 0. The van der Waals surface area contributed by atoms with Gasteiger partial charge in [-0.25, -0.2) is 0 Å². The van der Waals surface area contributed by atoms with Gasteiger partial charge in [0, 0.05) is 5.71 Å². The van der Waals surface area contributed by atoms with Crippen molar-refractivity contribution in [1.82, 2.24) is 0 Å². The van der Waals surface area contributed by atoms with Crippen LogP contribution in [0.2, 0.25) is 0 Å². The third-order valence-corrected chi connectivity index (χ3v) is 10.7. The molecule has 0 heterocycles. The van der Waals surface area contributed by atoms with Crippen LogP contribution in [-0.4, -0.2) is 5.71 Å². The second-order valence-corrected chi connectivity index (χ2v) is 14.8. The second-order valence-electron chi connectivity index (χ2n) is 14.8. The van der Waals surface area contributed by atoms with E-state index in [1.165, 1.54) is 82.7 Å². The largest absolute Gasteiger partial charge is 0.253 e. The first-order valence-corrected chi connectivity index (χ1v) is 20.7. The molecule has 60 heavy (non-hydrogen) atoms. The summed E-state index contributed by atoms with van der Waals surface area (Å²) in [4.78, 5) is 4.90. The van der Waals surface area contributed by atoms with Crippen molar-refractivity contribution in [2.75, 3.05) is 0 Å². The van der Waals surface area contributed by atoms with Gasteiger partial charge < -0.3 is 0 Å². The summed E-state index contributed by atoms with van der Waals surface area (Å²) in [6.07, 6.45) is 4.19. The SMILES string of the molecule is C=CC=C.CCC(=Nc1ccccc1C)c1cccc(-c2ccccc2)c1.Cc1cccc(-c2c3ccccc3c(-c3cccc(-c4ccccc4)c3)c3ccccc23)c1. The van der Waals surface area contributed by atoms with Gasteiger partial charge in [-0.2, -0.15) is 0 Å². The summed E-state index contributed by atoms with van der Waals surface area (Å²) in [6, 6.07) is 73.5. The molecule has 0 atom stereocenters. The zero-order valence-corrected chi connectivity index (χ0v) is 34.9. The smallest absolute Gasteiger partial charge is 0.0662 e. The van der Waals surface area contributed by atoms with Crippen molar-refractivity contribution in [2.45, 2.75) is 27.2 Å². The lowest BCUT2D eigenvalue weighted by atomic mass is 9.85. The van der Waals surface area contributed by atoms with E-state index < -0.39 is 0 Å². The van der Waals surface area contributed by atoms with Gasteiger partial charge >= 0.3 is 0 Å². The maximum atomic E-state index is 4.90. The molecule has 0 amide bonds. The Hall–Kier alpha value is -7.35. The molecule has 0 aliphatic carbocycles. The van der Waals surface area contributed by atoms with Gasteiger partial charge in [-0.05, 0) is 116 Å². The van der Waals surface area contributed by atoms with Crippen LogP contribution in [-0.2, 0) is 0 Å². The van der Waals surface area contributed by atoms with E-state index in [9.17, 15) is 0 Å². The summed E-state index contributed by atoms with van der Waals surface area (Å²) in [6.45, 7) is 13.1. The molecule has 0 aliphatic heterocycles. The normalized spacial score (nSPS) is 10.9. The number of hydrogen-bond acceptors (Lipinski definition) is 1. The van der Waals surface area contributed by atoms with E-state index in [0.29, 0.717) is 0 Å². The lowest BCUT2D eigenvalue weighted by Crippen LogP contribution is -1.99. The maximum Gasteiger partial charge on any atom is 0.0662 e. The first-order chi connectivity index (χ1) is 29.5. The molecule has 0 fully saturated rings. The average Bonchev–Trinajstić information content (AvgIpc) is 3.31. The number of aliphatic imine (C=N–C) groups is 1. The Kier molecular flexibility index (Phi) is 13.5. The molecule has 292 valence electrons. The van der Waals surface area contributed by atoms with Gasteiger partial charge in [-0.15, -0.1) is 0 Å². The predicted octanol–water partition coefficient (Wildman–Crippen LogP) is 16.9. The van der Waals surface area contributed by atoms with E-state index >= 15 is 0 Å². The Labute approximate surface area is 356 Å². The molecule has 0 saturated carbocycles. The van der Waals surface area contributed by atoms with Crippen LogP contribution in [0, 0.1) is 13.8 Å². The fourth-order valence-electron chi connectivity index (χ4n) is 7.73. The zero-order chi connectivity index (χ0) is 41.7. The van der Waals surface area contributed by atoms with E-state index in [4.69, 9.17) is 4.99 Å². The Morgan fingerprint density at radius 3 is 1.33 bits per heavy atom. The second kappa shape index (κ2) is 19.9. The lowest BCUT2D eigenvalue weighted by molar-refractivity contribution is 1.25. The van der Waals surface area contributed by atoms with Crippen LogP contribution >= 0.6 is 0 Å². The number of aryl methyl sites for hydroxylation is 2. The number of nitrogens with zero attached hydrogens (tertiary/aromatic N) is 1. The molecule has 0 aromatic heterocycles. The highest BCUT2D eigenvalue weighted by Gasteiger charge is 2.17. The van der Waals surface area contributed by atoms with Gasteiger partial charge in [-0.1, -0.05) is 226 Å². The van der Waals surface area contributed by atoms with E-state index in [-0.39, 0.29) is 0 Å². The number of allylic oxidation sites excluding steroid dienone is 2. The number of hydrogen-bond donors (Lipinski definition) is 0. The van der Waals surface area contributed by atoms with Gasteiger partial charge in [0.25, 0.3) is 0 Å². The molecule has 0 bridgehead atoms. The molecule has 0 spiro atoms. The van der Waals surface area contributed by atoms with Gasteiger partial charge in [0.05, 0.1) is 5.69 Å². The van der Waals surface area contributed by atoms with Crippen molar-refractivity contribution in [1.29, 1.82) is 0 Å². The van der Waals surface area contributed by atoms with E-state index in [2.05, 4.69) is 228 Å². The third kappa shape index (κ3) is 9.50. The molecule has 1 nitrogen and oxygen atoms in total. The van der Waals surface area contributed by atoms with Crippen LogP contribution < -0.4 is 0 Å². The summed E-state index contributed by atoms with van der Waals surface area (Å²) >= 11 is 0. The van der Waals surface area contributed by atoms with Gasteiger partial charge in [0.1, 0.15) is 0 Å². The predicted molar refractivity (Wildman–Crippen MR) is 262 cm³/mol. The Morgan fingerprint density at radius 2 is 0.833 bits per heavy atom. The highest BCUT2D eigenvalue weighted by Crippen LogP contribution is 2.44. The molecule has 9 aromatic rings. The van der Waals surface area contributed by atoms with Crippen LogP contribution in [0.4, 0.5) is 5.69 Å². The minimum Gasteiger partial charge on any atom is -0.253 e. The highest BCUT2D eigenvalue weighted by molar-refractivity contribution is 6.21. The van der Waals surface area contributed by atoms with Crippen molar-refractivity contribution >= 4 is 32.9 Å². The van der Waals surface area contributed by atoms with E-state index in [1.54, 1.807) is 12.2 Å². The molecule has 0 radical (unpaired) electrons. The fraction of sp³-hybridized carbons (Fsp3) is 0.0678. The molecular formula is C59H51N. The highest BCUT2D eigenvalue weighted by atomic mass is 14.7. The topological polar surface area (TPSA) is 12.4 Å². The average molecular weight is 774 g/mol. The van der Waals surface area contributed by atoms with Crippen LogP contribution in [0.5, 0.6) is 0 Å². The molecule has 0 saturated heterocycles. The number of benzene rings is 9. The molecule has 9 aromatic carbocycles. The number of para-hydroxylation sites is 1. The molecule has 0 unspecified atom stereocenters. The summed E-state index contributed by atoms with van der Waals surface area (Å²) in [7, 11) is 0. The molecule has 0 N–H and O–H groups in total. The summed E-state index contributed by atoms with van der Waals surface area (Å²) in [5.74, 6) is 0. The standard InChI is InChI=1S/C33H24.C22H21N.C4H6/c1-23-11-9-15-26(21-23)32-28-17-5-7-19-30(28)33(31-20-8-6-18-29(31)32)27-16-10-14-25(22-27)24-12-3-2-4-13-24;1-3-21(23-22-15-8-7-10-17(22)2)20-14-9-13-19(16-20)18-11-5-4-6-12-18;1-3-4-2/h2-22H,1H3;4-16H,3H2,1-2H3;3-4H,1-2H2. The van der Waals surface area contributed by atoms with Crippen molar-refractivity contribution < 1.29 is 0 Å². The molecule has 0 aliphatic rings. The molecule has 9 rings (SSSR count). The minimum absolute atomic E-state index is 0.909. The first-order valence-electron chi connectivity index (χ1n) is 20.7. The Bertz CT molecular complexity index is 2840. The van der Waals surface area contributed by atoms with Crippen LogP contribution in [0.25, 0.3) is 66.1 Å². The summed E-state index contributed by atoms with van der Waals surface area (Å²) in [5, 5.41) is 5.17. The first kappa shape index (κ1) is 40.8. The van der Waals surface area contributed by atoms with Crippen LogP contribution in [0.1, 0.15) is 30.0 Å². The zero-order valence-electron chi connectivity index (χ0n) is 34.9. The number of rotatable bonds is 8. The molecule has 1 heteroatoms. The third-order valence-electron chi connectivity index (χ3n) is 10.7. The Morgan fingerprint density at radius 1 is 0.417 bits per heavy atom. The fourth-order valence-corrected chi connectivity index (χ4v) is 7.73.